The van der Waals surface area contributed by atoms with Crippen molar-refractivity contribution in [3.63, 3.8) is 0 Å². The lowest BCUT2D eigenvalue weighted by atomic mass is 10.0. The lowest BCUT2D eigenvalue weighted by molar-refractivity contribution is -0.137. The number of hydrogen-bond acceptors (Lipinski definition) is 5. The summed E-state index contributed by atoms with van der Waals surface area (Å²) in [4.78, 5) is 15.7. The third-order valence-electron chi connectivity index (χ3n) is 4.51. The number of benzene rings is 1. The van der Waals surface area contributed by atoms with Crippen molar-refractivity contribution in [1.82, 2.24) is 4.90 Å². The summed E-state index contributed by atoms with van der Waals surface area (Å²) in [7, 11) is 0. The van der Waals surface area contributed by atoms with E-state index in [-0.39, 0.29) is 31.3 Å². The average molecular weight is 395 g/mol. The summed E-state index contributed by atoms with van der Waals surface area (Å²) in [6.07, 6.45) is -4.65. The van der Waals surface area contributed by atoms with Gasteiger partial charge >= 0.3 is 6.18 Å². The van der Waals surface area contributed by atoms with Crippen LogP contribution in [0.15, 0.2) is 35.0 Å². The minimum Gasteiger partial charge on any atom is -0.394 e. The van der Waals surface area contributed by atoms with Crippen molar-refractivity contribution < 1.29 is 23.1 Å². The molecule has 1 aromatic heterocycles. The zero-order valence-electron chi connectivity index (χ0n) is 14.1. The first-order valence-electron chi connectivity index (χ1n) is 8.15. The number of aliphatic hydroxyl groups is 1. The quantitative estimate of drug-likeness (QED) is 0.868. The Bertz CT molecular complexity index is 862. The lowest BCUT2D eigenvalue weighted by Gasteiger charge is -2.42. The van der Waals surface area contributed by atoms with E-state index < -0.39 is 23.3 Å². The van der Waals surface area contributed by atoms with E-state index in [9.17, 15) is 23.1 Å². The number of thiophene rings is 1. The minimum absolute atomic E-state index is 0.162. The van der Waals surface area contributed by atoms with Crippen LogP contribution in [-0.2, 0) is 6.18 Å². The van der Waals surface area contributed by atoms with E-state index in [1.807, 2.05) is 0 Å². The van der Waals surface area contributed by atoms with Crippen molar-refractivity contribution in [1.29, 1.82) is 5.26 Å². The van der Waals surface area contributed by atoms with Crippen LogP contribution in [0.3, 0.4) is 0 Å². The first-order valence-corrected chi connectivity index (χ1v) is 9.09. The second-order valence-electron chi connectivity index (χ2n) is 6.13. The number of nitrogens with zero attached hydrogens (tertiary/aromatic N) is 3. The highest BCUT2D eigenvalue weighted by Gasteiger charge is 2.36. The van der Waals surface area contributed by atoms with Gasteiger partial charge in [-0.15, -0.1) is 0 Å². The number of aliphatic hydroxyl groups excluding tert-OH is 1. The van der Waals surface area contributed by atoms with Gasteiger partial charge in [-0.3, -0.25) is 4.79 Å². The Labute approximate surface area is 157 Å². The molecule has 1 fully saturated rings. The molecule has 0 saturated carbocycles. The van der Waals surface area contributed by atoms with Gasteiger partial charge in [0.2, 0.25) is 0 Å². The van der Waals surface area contributed by atoms with Gasteiger partial charge in [0.05, 0.1) is 35.4 Å². The Morgan fingerprint density at radius 3 is 2.70 bits per heavy atom. The molecule has 1 aromatic carbocycles. The zero-order valence-corrected chi connectivity index (χ0v) is 14.9. The minimum atomic E-state index is -4.65. The van der Waals surface area contributed by atoms with E-state index in [4.69, 9.17) is 5.26 Å². The Morgan fingerprint density at radius 2 is 2.11 bits per heavy atom. The molecule has 0 spiro atoms. The van der Waals surface area contributed by atoms with E-state index in [1.54, 1.807) is 32.7 Å². The van der Waals surface area contributed by atoms with Crippen LogP contribution in [0.4, 0.5) is 18.9 Å². The third-order valence-corrected chi connectivity index (χ3v) is 5.19. The summed E-state index contributed by atoms with van der Waals surface area (Å²) < 4.78 is 39.6. The van der Waals surface area contributed by atoms with Crippen molar-refractivity contribution >= 4 is 22.9 Å². The normalized spacial score (nSPS) is 17.7. The summed E-state index contributed by atoms with van der Waals surface area (Å²) in [5.41, 5.74) is -0.625. The number of alkyl halides is 3. The van der Waals surface area contributed by atoms with Crippen molar-refractivity contribution in [2.75, 3.05) is 31.1 Å². The number of rotatable bonds is 3. The summed E-state index contributed by atoms with van der Waals surface area (Å²) in [5, 5.41) is 22.2. The Balaban J connectivity index is 1.84. The van der Waals surface area contributed by atoms with Gasteiger partial charge in [-0.1, -0.05) is 0 Å². The second-order valence-corrected chi connectivity index (χ2v) is 6.91. The van der Waals surface area contributed by atoms with Gasteiger partial charge in [0.1, 0.15) is 0 Å². The van der Waals surface area contributed by atoms with Crippen LogP contribution in [-0.4, -0.2) is 48.2 Å². The summed E-state index contributed by atoms with van der Waals surface area (Å²) in [6.45, 7) is 0.498. The predicted molar refractivity (Wildman–Crippen MR) is 94.6 cm³/mol. The topological polar surface area (TPSA) is 67.6 Å². The molecule has 2 aromatic rings. The molecule has 1 saturated heterocycles. The highest BCUT2D eigenvalue weighted by atomic mass is 32.1. The molecule has 9 heteroatoms. The fraction of sp³-hybridized carbons (Fsp3) is 0.333. The van der Waals surface area contributed by atoms with Crippen molar-refractivity contribution in [2.45, 2.75) is 12.2 Å². The summed E-state index contributed by atoms with van der Waals surface area (Å²) in [6, 6.07) is 6.23. The van der Waals surface area contributed by atoms with E-state index in [0.29, 0.717) is 12.1 Å². The van der Waals surface area contributed by atoms with Crippen molar-refractivity contribution in [3.8, 4) is 6.07 Å². The number of hydrogen-bond donors (Lipinski definition) is 1. The maximum absolute atomic E-state index is 13.2. The largest absolute Gasteiger partial charge is 0.417 e. The Morgan fingerprint density at radius 1 is 1.33 bits per heavy atom. The average Bonchev–Trinajstić information content (AvgIpc) is 3.20. The van der Waals surface area contributed by atoms with Crippen LogP contribution in [0.5, 0.6) is 0 Å². The van der Waals surface area contributed by atoms with Gasteiger partial charge in [0.25, 0.3) is 5.91 Å². The molecule has 1 N–H and O–H groups in total. The smallest absolute Gasteiger partial charge is 0.394 e. The monoisotopic (exact) mass is 395 g/mol. The number of anilines is 1. The fourth-order valence-electron chi connectivity index (χ4n) is 3.15. The van der Waals surface area contributed by atoms with Gasteiger partial charge in [-0.25, -0.2) is 0 Å². The third kappa shape index (κ3) is 3.91. The van der Waals surface area contributed by atoms with Crippen molar-refractivity contribution in [2.24, 2.45) is 0 Å². The van der Waals surface area contributed by atoms with Gasteiger partial charge in [-0.05, 0) is 29.6 Å². The fourth-order valence-corrected chi connectivity index (χ4v) is 3.78. The van der Waals surface area contributed by atoms with Crippen LogP contribution in [0.25, 0.3) is 0 Å². The van der Waals surface area contributed by atoms with Gasteiger partial charge in [0, 0.05) is 30.7 Å². The predicted octanol–water partition coefficient (Wildman–Crippen LogP) is 2.96. The lowest BCUT2D eigenvalue weighted by Crippen LogP contribution is -2.56. The first-order chi connectivity index (χ1) is 12.8. The molecule has 2 heterocycles. The van der Waals surface area contributed by atoms with Crippen LogP contribution in [0.1, 0.15) is 21.5 Å². The number of carbonyl (C=O) groups excluding carboxylic acids is 1. The van der Waals surface area contributed by atoms with Gasteiger partial charge in [0.15, 0.2) is 0 Å². The molecule has 142 valence electrons. The maximum Gasteiger partial charge on any atom is 0.417 e. The van der Waals surface area contributed by atoms with Gasteiger partial charge < -0.3 is 14.9 Å². The van der Waals surface area contributed by atoms with E-state index in [2.05, 4.69) is 0 Å². The van der Waals surface area contributed by atoms with Gasteiger partial charge in [-0.2, -0.15) is 29.8 Å². The molecule has 3 rings (SSSR count). The van der Waals surface area contributed by atoms with Crippen LogP contribution in [0.2, 0.25) is 0 Å². The molecule has 0 bridgehead atoms. The van der Waals surface area contributed by atoms with Crippen LogP contribution < -0.4 is 4.90 Å². The second kappa shape index (κ2) is 7.58. The SMILES string of the molecule is N#Cc1ccc(N2CCN(C(=O)c3ccsc3)CC2CO)cc1C(F)(F)F. The zero-order chi connectivity index (χ0) is 19.6. The molecular formula is C18H16F3N3O2S. The first kappa shape index (κ1) is 19.2. The standard InChI is InChI=1S/C18H16F3N3O2S/c19-18(20,21)16-7-14(2-1-12(16)8-22)24-5-4-23(9-15(24)10-25)17(26)13-3-6-27-11-13/h1-3,6-7,11,15,25H,4-5,9-10H2. The number of piperazine rings is 1. The Hall–Kier alpha value is -2.57. The molecule has 0 aliphatic carbocycles. The molecule has 1 unspecified atom stereocenters. The summed E-state index contributed by atoms with van der Waals surface area (Å²) in [5.74, 6) is -0.162. The number of carbonyl (C=O) groups is 1. The van der Waals surface area contributed by atoms with E-state index >= 15 is 0 Å². The van der Waals surface area contributed by atoms with E-state index in [1.165, 1.54) is 17.4 Å². The van der Waals surface area contributed by atoms with E-state index in [0.717, 1.165) is 12.1 Å². The molecule has 1 aliphatic heterocycles. The molecule has 0 radical (unpaired) electrons. The molecule has 27 heavy (non-hydrogen) atoms. The molecule has 5 nitrogen and oxygen atoms in total. The van der Waals surface area contributed by atoms with Crippen LogP contribution in [0, 0.1) is 11.3 Å². The highest BCUT2D eigenvalue weighted by molar-refractivity contribution is 7.08. The Kier molecular flexibility index (Phi) is 5.39. The maximum atomic E-state index is 13.2. The number of nitriles is 1. The van der Waals surface area contributed by atoms with Crippen molar-refractivity contribution in [3.05, 3.63) is 51.7 Å². The highest BCUT2D eigenvalue weighted by Crippen LogP contribution is 2.35. The van der Waals surface area contributed by atoms with Crippen LogP contribution >= 0.6 is 11.3 Å². The molecular weight excluding hydrogens is 379 g/mol. The molecule has 1 atom stereocenters. The summed E-state index contributed by atoms with van der Waals surface area (Å²) >= 11 is 1.40. The number of halogens is 3. The molecule has 1 amide bonds. The number of amides is 1. The molecule has 1 aliphatic rings.